The zero-order valence-corrected chi connectivity index (χ0v) is 10.4. The fourth-order valence-electron chi connectivity index (χ4n) is 1.68. The van der Waals surface area contributed by atoms with Crippen LogP contribution >= 0.6 is 0 Å². The molecule has 0 fully saturated rings. The van der Waals surface area contributed by atoms with E-state index in [4.69, 9.17) is 0 Å². The minimum atomic E-state index is -4.12. The van der Waals surface area contributed by atoms with Gasteiger partial charge in [-0.25, -0.2) is 4.39 Å². The van der Waals surface area contributed by atoms with Gasteiger partial charge in [-0.15, -0.1) is 0 Å². The van der Waals surface area contributed by atoms with Gasteiger partial charge in [-0.3, -0.25) is 0 Å². The SMILES string of the molecule is Cc1ccc(NC(C)CCCC(F)(F)F)c(F)c1. The number of aryl methyl sites for hydroxylation is 1. The van der Waals surface area contributed by atoms with Crippen molar-refractivity contribution in [2.24, 2.45) is 0 Å². The van der Waals surface area contributed by atoms with Crippen LogP contribution in [0.15, 0.2) is 18.2 Å². The van der Waals surface area contributed by atoms with Gasteiger partial charge in [0.1, 0.15) is 5.82 Å². The number of nitrogens with one attached hydrogen (secondary N) is 1. The standard InChI is InChI=1S/C13H17F4N/c1-9-5-6-12(11(14)8-9)18-10(2)4-3-7-13(15,16)17/h5-6,8,10,18H,3-4,7H2,1-2H3. The van der Waals surface area contributed by atoms with E-state index in [2.05, 4.69) is 5.32 Å². The lowest BCUT2D eigenvalue weighted by Crippen LogP contribution is -2.17. The molecule has 0 saturated carbocycles. The van der Waals surface area contributed by atoms with Crippen LogP contribution in [0, 0.1) is 12.7 Å². The summed E-state index contributed by atoms with van der Waals surface area (Å²) < 4.78 is 49.4. The summed E-state index contributed by atoms with van der Waals surface area (Å²) in [7, 11) is 0. The molecule has 1 aromatic carbocycles. The summed E-state index contributed by atoms with van der Waals surface area (Å²) >= 11 is 0. The van der Waals surface area contributed by atoms with Crippen molar-refractivity contribution >= 4 is 5.69 Å². The number of rotatable bonds is 5. The summed E-state index contributed by atoms with van der Waals surface area (Å²) in [6.45, 7) is 3.52. The first-order valence-corrected chi connectivity index (χ1v) is 5.87. The normalized spacial score (nSPS) is 13.4. The summed E-state index contributed by atoms with van der Waals surface area (Å²) in [5.74, 6) is -0.377. The molecule has 0 aromatic heterocycles. The highest BCUT2D eigenvalue weighted by molar-refractivity contribution is 5.46. The summed E-state index contributed by atoms with van der Waals surface area (Å²) in [6.07, 6.45) is -4.51. The summed E-state index contributed by atoms with van der Waals surface area (Å²) in [6, 6.07) is 4.56. The number of benzene rings is 1. The second-order valence-electron chi connectivity index (χ2n) is 4.54. The van der Waals surface area contributed by atoms with Gasteiger partial charge < -0.3 is 5.32 Å². The van der Waals surface area contributed by atoms with E-state index in [1.54, 1.807) is 26.0 Å². The van der Waals surface area contributed by atoms with Crippen molar-refractivity contribution in [1.82, 2.24) is 0 Å². The molecular formula is C13H17F4N. The van der Waals surface area contributed by atoms with Crippen molar-refractivity contribution in [2.45, 2.75) is 45.3 Å². The Bertz CT molecular complexity index is 387. The lowest BCUT2D eigenvalue weighted by atomic mass is 10.1. The van der Waals surface area contributed by atoms with Crippen LogP contribution < -0.4 is 5.32 Å². The first-order valence-electron chi connectivity index (χ1n) is 5.87. The van der Waals surface area contributed by atoms with Gasteiger partial charge in [0.05, 0.1) is 5.69 Å². The molecule has 0 saturated heterocycles. The van der Waals surface area contributed by atoms with E-state index in [9.17, 15) is 17.6 Å². The molecular weight excluding hydrogens is 246 g/mol. The lowest BCUT2D eigenvalue weighted by molar-refractivity contribution is -0.135. The molecule has 1 unspecified atom stereocenters. The molecule has 0 spiro atoms. The third-order valence-electron chi connectivity index (χ3n) is 2.62. The zero-order valence-electron chi connectivity index (χ0n) is 10.4. The van der Waals surface area contributed by atoms with Gasteiger partial charge >= 0.3 is 6.18 Å². The summed E-state index contributed by atoms with van der Waals surface area (Å²) in [4.78, 5) is 0. The second-order valence-corrected chi connectivity index (χ2v) is 4.54. The van der Waals surface area contributed by atoms with Gasteiger partial charge in [-0.1, -0.05) is 6.07 Å². The molecule has 102 valence electrons. The Morgan fingerprint density at radius 2 is 1.94 bits per heavy atom. The predicted molar refractivity (Wildman–Crippen MR) is 64.1 cm³/mol. The Kier molecular flexibility index (Phi) is 4.99. The van der Waals surface area contributed by atoms with Crippen LogP contribution in [-0.2, 0) is 0 Å². The van der Waals surface area contributed by atoms with Crippen LogP contribution in [0.4, 0.5) is 23.2 Å². The predicted octanol–water partition coefficient (Wildman–Crippen LogP) is 4.67. The molecule has 18 heavy (non-hydrogen) atoms. The first-order chi connectivity index (χ1) is 8.28. The van der Waals surface area contributed by atoms with Crippen molar-refractivity contribution in [3.63, 3.8) is 0 Å². The van der Waals surface area contributed by atoms with Crippen LogP contribution in [0.1, 0.15) is 31.7 Å². The van der Waals surface area contributed by atoms with Crippen molar-refractivity contribution in [3.8, 4) is 0 Å². The van der Waals surface area contributed by atoms with E-state index < -0.39 is 12.6 Å². The molecule has 5 heteroatoms. The van der Waals surface area contributed by atoms with Crippen LogP contribution in [-0.4, -0.2) is 12.2 Å². The molecule has 1 atom stereocenters. The topological polar surface area (TPSA) is 12.0 Å². The number of hydrogen-bond acceptors (Lipinski definition) is 1. The van der Waals surface area contributed by atoms with Crippen molar-refractivity contribution in [2.75, 3.05) is 5.32 Å². The minimum absolute atomic E-state index is 0.0468. The van der Waals surface area contributed by atoms with Gasteiger partial charge in [-0.2, -0.15) is 13.2 Å². The summed E-state index contributed by atoms with van der Waals surface area (Å²) in [5, 5.41) is 2.88. The van der Waals surface area contributed by atoms with E-state index >= 15 is 0 Å². The monoisotopic (exact) mass is 263 g/mol. The van der Waals surface area contributed by atoms with Crippen LogP contribution in [0.25, 0.3) is 0 Å². The molecule has 0 radical (unpaired) electrons. The Hall–Kier alpha value is -1.26. The molecule has 1 rings (SSSR count). The second kappa shape index (κ2) is 6.07. The Morgan fingerprint density at radius 3 is 2.50 bits per heavy atom. The van der Waals surface area contributed by atoms with Crippen molar-refractivity contribution < 1.29 is 17.6 Å². The maximum atomic E-state index is 13.5. The van der Waals surface area contributed by atoms with Crippen LogP contribution in [0.2, 0.25) is 0 Å². The van der Waals surface area contributed by atoms with Crippen LogP contribution in [0.5, 0.6) is 0 Å². The van der Waals surface area contributed by atoms with Crippen LogP contribution in [0.3, 0.4) is 0 Å². The number of halogens is 4. The highest BCUT2D eigenvalue weighted by Gasteiger charge is 2.26. The largest absolute Gasteiger partial charge is 0.389 e. The fourth-order valence-corrected chi connectivity index (χ4v) is 1.68. The van der Waals surface area contributed by atoms with Crippen molar-refractivity contribution in [1.29, 1.82) is 0 Å². The van der Waals surface area contributed by atoms with Gasteiger partial charge in [0, 0.05) is 12.5 Å². The zero-order chi connectivity index (χ0) is 13.8. The lowest BCUT2D eigenvalue weighted by Gasteiger charge is -2.16. The number of anilines is 1. The molecule has 1 aromatic rings. The smallest absolute Gasteiger partial charge is 0.380 e. The van der Waals surface area contributed by atoms with E-state index in [0.29, 0.717) is 12.1 Å². The molecule has 0 aliphatic rings. The maximum absolute atomic E-state index is 13.5. The molecule has 0 amide bonds. The molecule has 1 nitrogen and oxygen atoms in total. The first kappa shape index (κ1) is 14.8. The third kappa shape index (κ3) is 5.38. The Morgan fingerprint density at radius 1 is 1.28 bits per heavy atom. The van der Waals surface area contributed by atoms with E-state index in [-0.39, 0.29) is 18.3 Å². The maximum Gasteiger partial charge on any atom is 0.389 e. The average molecular weight is 263 g/mol. The van der Waals surface area contributed by atoms with Gasteiger partial charge in [0.25, 0.3) is 0 Å². The molecule has 0 bridgehead atoms. The number of alkyl halides is 3. The minimum Gasteiger partial charge on any atom is -0.380 e. The average Bonchev–Trinajstić information content (AvgIpc) is 2.20. The van der Waals surface area contributed by atoms with Gasteiger partial charge in [0.15, 0.2) is 0 Å². The number of hydrogen-bond donors (Lipinski definition) is 1. The Balaban J connectivity index is 2.42. The molecule has 0 heterocycles. The molecule has 0 aliphatic heterocycles. The van der Waals surface area contributed by atoms with E-state index in [1.807, 2.05) is 0 Å². The third-order valence-corrected chi connectivity index (χ3v) is 2.62. The van der Waals surface area contributed by atoms with Gasteiger partial charge in [-0.05, 0) is 44.4 Å². The molecule has 0 aliphatic carbocycles. The summed E-state index contributed by atoms with van der Waals surface area (Å²) in [5.41, 5.74) is 1.14. The fraction of sp³-hybridized carbons (Fsp3) is 0.538. The Labute approximate surface area is 104 Å². The van der Waals surface area contributed by atoms with Crippen molar-refractivity contribution in [3.05, 3.63) is 29.6 Å². The molecule has 1 N–H and O–H groups in total. The highest BCUT2D eigenvalue weighted by Crippen LogP contribution is 2.23. The quantitative estimate of drug-likeness (QED) is 0.761. The van der Waals surface area contributed by atoms with E-state index in [1.165, 1.54) is 6.07 Å². The van der Waals surface area contributed by atoms with Gasteiger partial charge in [0.2, 0.25) is 0 Å². The highest BCUT2D eigenvalue weighted by atomic mass is 19.4. The van der Waals surface area contributed by atoms with E-state index in [0.717, 1.165) is 5.56 Å².